The largest absolute Gasteiger partial charge is 0.490 e. The lowest BCUT2D eigenvalue weighted by molar-refractivity contribution is -0.139. The Kier molecular flexibility index (Phi) is 9.20. The first kappa shape index (κ1) is 30.2. The second-order valence-corrected chi connectivity index (χ2v) is 10.8. The number of hydrogen-bond donors (Lipinski definition) is 1. The zero-order valence-electron chi connectivity index (χ0n) is 24.2. The standard InChI is InChI=1S/C34H30N2O7S/c1-4-17-42-26-15-11-24(12-16-26)30-29(33(40)41-5-2)21(3)35-34-36(30)31(37)28(44-34)19-22-9-13-27(14-10-22)43-20-23-7-6-8-25(18-23)32(38)39/h4,6-16,18-19,30H,1,5,17,20H2,2-3H3,(H,38,39)/b28-19-/t30-/m1/s1. The molecule has 2 heterocycles. The van der Waals surface area contributed by atoms with Crippen LogP contribution in [-0.4, -0.2) is 34.8 Å². The SMILES string of the molecule is C=CCOc1ccc([C@@H]2C(C(=O)OCC)=C(C)N=c3s/c(=C\c4ccc(OCc5cccc(C(=O)O)c5)cc4)c(=O)n32)cc1. The van der Waals surface area contributed by atoms with Crippen LogP contribution in [0.1, 0.15) is 46.9 Å². The molecule has 5 rings (SSSR count). The fourth-order valence-corrected chi connectivity index (χ4v) is 5.83. The van der Waals surface area contributed by atoms with Gasteiger partial charge in [0.2, 0.25) is 0 Å². The number of carboxylic acids is 1. The van der Waals surface area contributed by atoms with Gasteiger partial charge in [-0.25, -0.2) is 14.6 Å². The molecule has 0 bridgehead atoms. The van der Waals surface area contributed by atoms with Crippen LogP contribution in [0.5, 0.6) is 11.5 Å². The molecule has 0 radical (unpaired) electrons. The second kappa shape index (κ2) is 13.4. The third kappa shape index (κ3) is 6.55. The maximum Gasteiger partial charge on any atom is 0.338 e. The normalized spacial score (nSPS) is 14.4. The van der Waals surface area contributed by atoms with Gasteiger partial charge in [-0.1, -0.05) is 60.4 Å². The molecule has 0 saturated carbocycles. The van der Waals surface area contributed by atoms with Gasteiger partial charge < -0.3 is 19.3 Å². The van der Waals surface area contributed by atoms with Crippen molar-refractivity contribution in [3.63, 3.8) is 0 Å². The van der Waals surface area contributed by atoms with Crippen LogP contribution in [-0.2, 0) is 16.1 Å². The molecule has 1 aromatic heterocycles. The van der Waals surface area contributed by atoms with Crippen molar-refractivity contribution < 1.29 is 28.9 Å². The van der Waals surface area contributed by atoms with Crippen LogP contribution >= 0.6 is 11.3 Å². The number of thiazole rings is 1. The number of hydrogen-bond acceptors (Lipinski definition) is 8. The molecule has 0 spiro atoms. The summed E-state index contributed by atoms with van der Waals surface area (Å²) in [5.41, 5.74) is 2.95. The van der Waals surface area contributed by atoms with Crippen molar-refractivity contribution in [2.45, 2.75) is 26.5 Å². The molecule has 1 atom stereocenters. The summed E-state index contributed by atoms with van der Waals surface area (Å²) in [6, 6.07) is 20.3. The van der Waals surface area contributed by atoms with E-state index in [2.05, 4.69) is 11.6 Å². The number of aromatic nitrogens is 1. The zero-order chi connectivity index (χ0) is 31.2. The van der Waals surface area contributed by atoms with Crippen LogP contribution in [0.25, 0.3) is 6.08 Å². The van der Waals surface area contributed by atoms with Gasteiger partial charge in [0, 0.05) is 0 Å². The summed E-state index contributed by atoms with van der Waals surface area (Å²) in [6.07, 6.45) is 3.43. The van der Waals surface area contributed by atoms with E-state index in [0.717, 1.165) is 16.7 Å². The van der Waals surface area contributed by atoms with Crippen LogP contribution in [0.2, 0.25) is 0 Å². The van der Waals surface area contributed by atoms with Crippen molar-refractivity contribution in [1.82, 2.24) is 4.57 Å². The third-order valence-electron chi connectivity index (χ3n) is 6.84. The van der Waals surface area contributed by atoms with E-state index in [4.69, 9.17) is 14.2 Å². The Hall–Kier alpha value is -5.22. The second-order valence-electron chi connectivity index (χ2n) is 9.83. The highest BCUT2D eigenvalue weighted by Crippen LogP contribution is 2.31. The number of benzene rings is 3. The van der Waals surface area contributed by atoms with Crippen LogP contribution < -0.4 is 24.4 Å². The van der Waals surface area contributed by atoms with Crippen molar-refractivity contribution in [2.75, 3.05) is 13.2 Å². The molecule has 1 N–H and O–H groups in total. The molecule has 224 valence electrons. The lowest BCUT2D eigenvalue weighted by atomic mass is 9.96. The van der Waals surface area contributed by atoms with Gasteiger partial charge in [-0.3, -0.25) is 9.36 Å². The van der Waals surface area contributed by atoms with Crippen molar-refractivity contribution in [2.24, 2.45) is 4.99 Å². The number of aromatic carboxylic acids is 1. The van der Waals surface area contributed by atoms with E-state index in [0.29, 0.717) is 38.7 Å². The number of carbonyl (C=O) groups is 2. The van der Waals surface area contributed by atoms with Gasteiger partial charge in [0.1, 0.15) is 24.7 Å². The van der Waals surface area contributed by atoms with E-state index in [1.54, 1.807) is 68.5 Å². The minimum absolute atomic E-state index is 0.190. The molecular formula is C34H30N2O7S. The van der Waals surface area contributed by atoms with Crippen molar-refractivity contribution >= 4 is 29.4 Å². The molecule has 0 unspecified atom stereocenters. The zero-order valence-corrected chi connectivity index (χ0v) is 25.0. The van der Waals surface area contributed by atoms with Crippen molar-refractivity contribution in [3.8, 4) is 11.5 Å². The lowest BCUT2D eigenvalue weighted by Crippen LogP contribution is -2.39. The molecule has 9 nitrogen and oxygen atoms in total. The van der Waals surface area contributed by atoms with Crippen molar-refractivity contribution in [3.05, 3.63) is 139 Å². The van der Waals surface area contributed by atoms with Crippen LogP contribution in [0, 0.1) is 0 Å². The molecule has 44 heavy (non-hydrogen) atoms. The average molecular weight is 611 g/mol. The van der Waals surface area contributed by atoms with Gasteiger partial charge in [0.05, 0.1) is 34.0 Å². The fourth-order valence-electron chi connectivity index (χ4n) is 4.78. The number of carbonyl (C=O) groups excluding carboxylic acids is 1. The van der Waals surface area contributed by atoms with Gasteiger partial charge in [0.15, 0.2) is 4.80 Å². The first-order valence-electron chi connectivity index (χ1n) is 13.9. The van der Waals surface area contributed by atoms with Crippen LogP contribution in [0.3, 0.4) is 0 Å². The first-order chi connectivity index (χ1) is 21.3. The topological polar surface area (TPSA) is 116 Å². The minimum atomic E-state index is -0.994. The quantitative estimate of drug-likeness (QED) is 0.194. The molecule has 0 fully saturated rings. The molecule has 0 saturated heterocycles. The maximum atomic E-state index is 13.8. The average Bonchev–Trinajstić information content (AvgIpc) is 3.33. The Morgan fingerprint density at radius 3 is 2.43 bits per heavy atom. The van der Waals surface area contributed by atoms with E-state index in [1.165, 1.54) is 22.0 Å². The van der Waals surface area contributed by atoms with Gasteiger partial charge >= 0.3 is 11.9 Å². The summed E-state index contributed by atoms with van der Waals surface area (Å²) >= 11 is 1.24. The van der Waals surface area contributed by atoms with Gasteiger partial charge in [-0.2, -0.15) is 0 Å². The van der Waals surface area contributed by atoms with E-state index < -0.39 is 18.0 Å². The van der Waals surface area contributed by atoms with Gasteiger partial charge in [-0.15, -0.1) is 0 Å². The number of fused-ring (bicyclic) bond motifs is 1. The van der Waals surface area contributed by atoms with Gasteiger partial charge in [-0.05, 0) is 73.0 Å². The Balaban J connectivity index is 1.45. The smallest absolute Gasteiger partial charge is 0.338 e. The van der Waals surface area contributed by atoms with Crippen molar-refractivity contribution in [1.29, 1.82) is 0 Å². The van der Waals surface area contributed by atoms with E-state index in [1.807, 2.05) is 24.3 Å². The number of rotatable bonds is 11. The number of allylic oxidation sites excluding steroid dienone is 1. The Labute approximate surface area is 257 Å². The molecule has 0 aliphatic carbocycles. The predicted molar refractivity (Wildman–Crippen MR) is 167 cm³/mol. The van der Waals surface area contributed by atoms with E-state index in [9.17, 15) is 19.5 Å². The number of ether oxygens (including phenoxy) is 3. The molecule has 1 aliphatic rings. The Morgan fingerprint density at radius 1 is 1.05 bits per heavy atom. The molecule has 3 aromatic carbocycles. The molecule has 4 aromatic rings. The summed E-state index contributed by atoms with van der Waals surface area (Å²) in [4.78, 5) is 43.3. The number of nitrogens with zero attached hydrogens (tertiary/aromatic N) is 2. The van der Waals surface area contributed by atoms with E-state index in [-0.39, 0.29) is 24.3 Å². The molecule has 10 heteroatoms. The predicted octanol–water partition coefficient (Wildman–Crippen LogP) is 4.64. The Morgan fingerprint density at radius 2 is 1.75 bits per heavy atom. The maximum absolute atomic E-state index is 13.8. The molecule has 1 aliphatic heterocycles. The van der Waals surface area contributed by atoms with Crippen LogP contribution in [0.4, 0.5) is 0 Å². The molecule has 0 amide bonds. The third-order valence-corrected chi connectivity index (χ3v) is 7.82. The Bertz CT molecular complexity index is 1920. The van der Waals surface area contributed by atoms with Crippen LogP contribution in [0.15, 0.2) is 107 Å². The number of carboxylic acid groups (broad SMARTS) is 1. The number of esters is 1. The first-order valence-corrected chi connectivity index (χ1v) is 14.7. The summed E-state index contributed by atoms with van der Waals surface area (Å²) in [5, 5.41) is 9.20. The van der Waals surface area contributed by atoms with Gasteiger partial charge in [0.25, 0.3) is 5.56 Å². The highest BCUT2D eigenvalue weighted by molar-refractivity contribution is 7.07. The highest BCUT2D eigenvalue weighted by Gasteiger charge is 2.33. The summed E-state index contributed by atoms with van der Waals surface area (Å²) in [7, 11) is 0. The van der Waals surface area contributed by atoms with E-state index >= 15 is 0 Å². The summed E-state index contributed by atoms with van der Waals surface area (Å²) in [6.45, 7) is 7.90. The minimum Gasteiger partial charge on any atom is -0.490 e. The molecular weight excluding hydrogens is 580 g/mol. The monoisotopic (exact) mass is 610 g/mol. The highest BCUT2D eigenvalue weighted by atomic mass is 32.1. The summed E-state index contributed by atoms with van der Waals surface area (Å²) in [5.74, 6) is -0.280. The summed E-state index contributed by atoms with van der Waals surface area (Å²) < 4.78 is 18.8. The fraction of sp³-hybridized carbons (Fsp3) is 0.176. The lowest BCUT2D eigenvalue weighted by Gasteiger charge is -2.24.